The van der Waals surface area contributed by atoms with E-state index in [0.29, 0.717) is 35.0 Å². The van der Waals surface area contributed by atoms with Crippen LogP contribution < -0.4 is 14.2 Å². The second-order valence-electron chi connectivity index (χ2n) is 13.7. The third-order valence-electron chi connectivity index (χ3n) is 9.77. The number of carbonyl (C=O) groups is 1. The molecular formula is C50H42O7. The molecule has 0 spiro atoms. The monoisotopic (exact) mass is 754 g/mol. The van der Waals surface area contributed by atoms with E-state index in [4.69, 9.17) is 28.4 Å². The molecule has 7 aromatic carbocycles. The molecule has 7 heteroatoms. The third kappa shape index (κ3) is 8.37. The molecule has 1 aliphatic heterocycles. The number of ketones is 1. The molecule has 7 nitrogen and oxygen atoms in total. The third-order valence-corrected chi connectivity index (χ3v) is 9.77. The van der Waals surface area contributed by atoms with E-state index in [0.717, 1.165) is 27.8 Å². The number of para-hydroxylation sites is 1. The van der Waals surface area contributed by atoms with E-state index in [1.165, 1.54) is 0 Å². The van der Waals surface area contributed by atoms with Crippen LogP contribution in [-0.4, -0.2) is 11.6 Å². The highest BCUT2D eigenvalue weighted by Gasteiger charge is 2.68. The largest absolute Gasteiger partial charge is 0.485 e. The van der Waals surface area contributed by atoms with Crippen molar-refractivity contribution < 1.29 is 33.2 Å². The molecule has 0 saturated heterocycles. The van der Waals surface area contributed by atoms with E-state index in [1.807, 2.05) is 176 Å². The summed E-state index contributed by atoms with van der Waals surface area (Å²) >= 11 is 0. The average molecular weight is 755 g/mol. The summed E-state index contributed by atoms with van der Waals surface area (Å²) < 4.78 is 41.0. The van der Waals surface area contributed by atoms with Crippen LogP contribution in [0.1, 0.15) is 43.7 Å². The fraction of sp³-hybridized carbons (Fsp3) is 0.140. The number of rotatable bonds is 16. The Bertz CT molecular complexity index is 2310. The van der Waals surface area contributed by atoms with E-state index in [9.17, 15) is 0 Å². The van der Waals surface area contributed by atoms with Gasteiger partial charge < -0.3 is 28.4 Å². The van der Waals surface area contributed by atoms with Crippen LogP contribution >= 0.6 is 0 Å². The van der Waals surface area contributed by atoms with Gasteiger partial charge in [0.2, 0.25) is 5.78 Å². The summed E-state index contributed by atoms with van der Waals surface area (Å²) in [5.74, 6) is -3.38. The second kappa shape index (κ2) is 17.5. The maximum absolute atomic E-state index is 15.4. The number of ether oxygens (including phenoxy) is 6. The first-order valence-electron chi connectivity index (χ1n) is 19.0. The highest BCUT2D eigenvalue weighted by atomic mass is 16.8. The lowest BCUT2D eigenvalue weighted by Crippen LogP contribution is -2.66. The Labute approximate surface area is 333 Å². The lowest BCUT2D eigenvalue weighted by Gasteiger charge is -2.50. The van der Waals surface area contributed by atoms with Crippen molar-refractivity contribution in [1.82, 2.24) is 0 Å². The molecule has 0 saturated carbocycles. The minimum atomic E-state index is -2.18. The molecule has 8 rings (SSSR count). The molecule has 0 radical (unpaired) electrons. The topological polar surface area (TPSA) is 72.5 Å². The summed E-state index contributed by atoms with van der Waals surface area (Å²) in [4.78, 5) is 15.4. The molecule has 1 unspecified atom stereocenters. The molecular weight excluding hydrogens is 713 g/mol. The molecule has 0 aromatic heterocycles. The highest BCUT2D eigenvalue weighted by molar-refractivity contribution is 6.05. The molecule has 0 amide bonds. The van der Waals surface area contributed by atoms with Gasteiger partial charge in [-0.25, -0.2) is 0 Å². The van der Waals surface area contributed by atoms with E-state index in [2.05, 4.69) is 0 Å². The van der Waals surface area contributed by atoms with Crippen LogP contribution in [0, 0.1) is 0 Å². The van der Waals surface area contributed by atoms with Crippen LogP contribution in [-0.2, 0) is 53.0 Å². The molecule has 0 fully saturated rings. The molecule has 0 bridgehead atoms. The number of fused-ring (bicyclic) bond motifs is 1. The van der Waals surface area contributed by atoms with Gasteiger partial charge in [-0.15, -0.1) is 0 Å². The predicted molar refractivity (Wildman–Crippen MR) is 217 cm³/mol. The first-order valence-corrected chi connectivity index (χ1v) is 19.0. The Hall–Kier alpha value is -6.51. The van der Waals surface area contributed by atoms with Gasteiger partial charge in [-0.1, -0.05) is 164 Å². The number of carbonyl (C=O) groups excluding carboxylic acids is 1. The van der Waals surface area contributed by atoms with Crippen molar-refractivity contribution in [2.45, 2.75) is 44.6 Å². The summed E-state index contributed by atoms with van der Waals surface area (Å²) in [7, 11) is 0. The zero-order valence-corrected chi connectivity index (χ0v) is 31.4. The van der Waals surface area contributed by atoms with Crippen LogP contribution in [0.3, 0.4) is 0 Å². The second-order valence-corrected chi connectivity index (χ2v) is 13.7. The van der Waals surface area contributed by atoms with Crippen molar-refractivity contribution in [3.63, 3.8) is 0 Å². The summed E-state index contributed by atoms with van der Waals surface area (Å²) in [6, 6.07) is 61.4. The number of hydrogen-bond donors (Lipinski definition) is 0. The molecule has 0 N–H and O–H groups in total. The van der Waals surface area contributed by atoms with Crippen molar-refractivity contribution in [2.75, 3.05) is 0 Å². The van der Waals surface area contributed by atoms with Gasteiger partial charge in [0.05, 0.1) is 25.4 Å². The van der Waals surface area contributed by atoms with Crippen molar-refractivity contribution in [2.24, 2.45) is 0 Å². The van der Waals surface area contributed by atoms with E-state index in [1.54, 1.807) is 18.2 Å². The number of benzene rings is 7. The summed E-state index contributed by atoms with van der Waals surface area (Å²) in [6.07, 6.45) is 0. The Balaban J connectivity index is 1.31. The van der Waals surface area contributed by atoms with Gasteiger partial charge in [0, 0.05) is 5.56 Å². The smallest absolute Gasteiger partial charge is 0.307 e. The SMILES string of the molecule is O=C1c2ccccc2OC(OCc2ccccc2)(c2ccc(OCc3ccccc3)c(OCc3ccccc3)c2)C1(OCc1ccccc1)OCc1ccccc1. The molecule has 1 atom stereocenters. The van der Waals surface area contributed by atoms with Crippen LogP contribution in [0.15, 0.2) is 194 Å². The van der Waals surface area contributed by atoms with Gasteiger partial charge in [0.15, 0.2) is 11.5 Å². The van der Waals surface area contributed by atoms with Crippen molar-refractivity contribution >= 4 is 5.78 Å². The van der Waals surface area contributed by atoms with Crippen molar-refractivity contribution in [3.05, 3.63) is 233 Å². The predicted octanol–water partition coefficient (Wildman–Crippen LogP) is 10.6. The molecule has 0 aliphatic carbocycles. The summed E-state index contributed by atoms with van der Waals surface area (Å²) in [6.45, 7) is 0.642. The molecule has 1 aliphatic rings. The maximum Gasteiger partial charge on any atom is 0.307 e. The van der Waals surface area contributed by atoms with E-state index >= 15 is 4.79 Å². The Kier molecular flexibility index (Phi) is 11.5. The minimum absolute atomic E-state index is 0.0129. The zero-order chi connectivity index (χ0) is 38.8. The minimum Gasteiger partial charge on any atom is -0.485 e. The zero-order valence-electron chi connectivity index (χ0n) is 31.4. The Morgan fingerprint density at radius 1 is 0.404 bits per heavy atom. The van der Waals surface area contributed by atoms with Gasteiger partial charge in [0.1, 0.15) is 19.0 Å². The molecule has 284 valence electrons. The number of hydrogen-bond acceptors (Lipinski definition) is 7. The molecule has 57 heavy (non-hydrogen) atoms. The van der Waals surface area contributed by atoms with E-state index in [-0.39, 0.29) is 26.4 Å². The van der Waals surface area contributed by atoms with Crippen molar-refractivity contribution in [1.29, 1.82) is 0 Å². The van der Waals surface area contributed by atoms with Gasteiger partial charge in [-0.2, -0.15) is 0 Å². The van der Waals surface area contributed by atoms with Gasteiger partial charge in [0.25, 0.3) is 0 Å². The summed E-state index contributed by atoms with van der Waals surface area (Å²) in [5.41, 5.74) is 5.23. The van der Waals surface area contributed by atoms with Crippen LogP contribution in [0.5, 0.6) is 17.2 Å². The van der Waals surface area contributed by atoms with Crippen LogP contribution in [0.25, 0.3) is 0 Å². The lowest BCUT2D eigenvalue weighted by atomic mass is 9.85. The first-order chi connectivity index (χ1) is 28.1. The Morgan fingerprint density at radius 2 is 0.807 bits per heavy atom. The van der Waals surface area contributed by atoms with Gasteiger partial charge in [-0.3, -0.25) is 4.79 Å². The average Bonchev–Trinajstić information content (AvgIpc) is 3.28. The fourth-order valence-corrected chi connectivity index (χ4v) is 6.80. The molecule has 1 heterocycles. The maximum atomic E-state index is 15.4. The summed E-state index contributed by atoms with van der Waals surface area (Å²) in [5, 5.41) is 0. The van der Waals surface area contributed by atoms with Gasteiger partial charge >= 0.3 is 11.6 Å². The first kappa shape index (κ1) is 37.4. The number of Topliss-reactive ketones (excluding diaryl/α,β-unsaturated/α-hetero) is 1. The quantitative estimate of drug-likeness (QED) is 0.0910. The lowest BCUT2D eigenvalue weighted by molar-refractivity contribution is -0.383. The van der Waals surface area contributed by atoms with Crippen LogP contribution in [0.4, 0.5) is 0 Å². The van der Waals surface area contributed by atoms with Gasteiger partial charge in [-0.05, 0) is 58.1 Å². The Morgan fingerprint density at radius 3 is 1.30 bits per heavy atom. The normalized spacial score (nSPS) is 15.6. The van der Waals surface area contributed by atoms with Crippen LogP contribution in [0.2, 0.25) is 0 Å². The van der Waals surface area contributed by atoms with Crippen molar-refractivity contribution in [3.8, 4) is 17.2 Å². The standard InChI is InChI=1S/C50H42O7/c51-48-44-28-16-17-29-45(44)57-49(54-35-40-22-10-3-11-23-40,50(48,55-36-41-24-12-4-13-25-41)56-37-42-26-14-5-15-27-42)43-30-31-46(52-33-38-18-6-1-7-19-38)47(32-43)53-34-39-20-8-2-9-21-39/h1-32H,33-37H2. The van der Waals surface area contributed by atoms with E-state index < -0.39 is 17.4 Å². The fourth-order valence-electron chi connectivity index (χ4n) is 6.80. The molecule has 7 aromatic rings. The highest BCUT2D eigenvalue weighted by Crippen LogP contribution is 2.52.